The van der Waals surface area contributed by atoms with Gasteiger partial charge in [-0.25, -0.2) is 0 Å². The lowest BCUT2D eigenvalue weighted by molar-refractivity contribution is -0.151. The van der Waals surface area contributed by atoms with E-state index in [0.717, 1.165) is 17.3 Å². The number of ether oxygens (including phenoxy) is 1. The van der Waals surface area contributed by atoms with Gasteiger partial charge in [0.1, 0.15) is 0 Å². The van der Waals surface area contributed by atoms with E-state index in [1.165, 1.54) is 0 Å². The number of hydrogen-bond acceptors (Lipinski definition) is 3. The number of amides is 1. The molecule has 0 aliphatic heterocycles. The maximum Gasteiger partial charge on any atom is 0.309 e. The molecule has 0 aliphatic rings. The molecule has 1 atom stereocenters. The molecule has 0 aliphatic carbocycles. The molecule has 0 bridgehead atoms. The summed E-state index contributed by atoms with van der Waals surface area (Å²) in [6, 6.07) is 7.18. The van der Waals surface area contributed by atoms with Crippen molar-refractivity contribution in [2.24, 2.45) is 5.92 Å². The van der Waals surface area contributed by atoms with Crippen molar-refractivity contribution in [1.29, 1.82) is 0 Å². The monoisotopic (exact) mass is 327 g/mol. The van der Waals surface area contributed by atoms with Crippen molar-refractivity contribution in [1.82, 2.24) is 0 Å². The largest absolute Gasteiger partial charge is 0.455 e. The van der Waals surface area contributed by atoms with Gasteiger partial charge in [0, 0.05) is 10.2 Å². The van der Waals surface area contributed by atoms with Gasteiger partial charge in [0.2, 0.25) is 0 Å². The third-order valence-electron chi connectivity index (χ3n) is 2.60. The minimum Gasteiger partial charge on any atom is -0.455 e. The first-order chi connectivity index (χ1) is 9.02. The lowest BCUT2D eigenvalue weighted by Gasteiger charge is -2.10. The molecule has 0 fully saturated rings. The Labute approximate surface area is 121 Å². The third kappa shape index (κ3) is 5.87. The van der Waals surface area contributed by atoms with Crippen molar-refractivity contribution in [3.8, 4) is 0 Å². The summed E-state index contributed by atoms with van der Waals surface area (Å²) in [6.45, 7) is 3.56. The zero-order valence-corrected chi connectivity index (χ0v) is 12.7. The van der Waals surface area contributed by atoms with Crippen LogP contribution in [0, 0.1) is 5.92 Å². The normalized spacial score (nSPS) is 11.7. The number of carbonyl (C=O) groups is 2. The number of esters is 1. The number of carbonyl (C=O) groups excluding carboxylic acids is 2. The maximum atomic E-state index is 11.6. The van der Waals surface area contributed by atoms with Crippen LogP contribution in [0.4, 0.5) is 5.69 Å². The Morgan fingerprint density at radius 1 is 1.32 bits per heavy atom. The molecule has 1 amide bonds. The highest BCUT2D eigenvalue weighted by atomic mass is 79.9. The fourth-order valence-corrected chi connectivity index (χ4v) is 1.82. The second kappa shape index (κ2) is 7.94. The Morgan fingerprint density at radius 3 is 2.53 bits per heavy atom. The van der Waals surface area contributed by atoms with Crippen LogP contribution in [0.15, 0.2) is 28.7 Å². The Bertz CT molecular complexity index is 431. The first-order valence-electron chi connectivity index (χ1n) is 6.25. The summed E-state index contributed by atoms with van der Waals surface area (Å²) in [5.74, 6) is -0.822. The van der Waals surface area contributed by atoms with Crippen molar-refractivity contribution in [3.05, 3.63) is 28.7 Å². The maximum absolute atomic E-state index is 11.6. The zero-order chi connectivity index (χ0) is 14.3. The highest BCUT2D eigenvalue weighted by Crippen LogP contribution is 2.14. The van der Waals surface area contributed by atoms with Crippen LogP contribution in [0.5, 0.6) is 0 Å². The Balaban J connectivity index is 2.35. The number of hydrogen-bond donors (Lipinski definition) is 1. The van der Waals surface area contributed by atoms with Crippen LogP contribution in [0.25, 0.3) is 0 Å². The van der Waals surface area contributed by atoms with E-state index in [2.05, 4.69) is 21.2 Å². The zero-order valence-electron chi connectivity index (χ0n) is 11.1. The Hall–Kier alpha value is -1.36. The number of nitrogens with one attached hydrogen (secondary N) is 1. The standard InChI is InChI=1S/C14H18BrNO3/c1-3-4-10(2)14(18)19-9-13(17)16-12-7-5-11(15)6-8-12/h5-8,10H,3-4,9H2,1-2H3,(H,16,17)/t10-/m1/s1. The summed E-state index contributed by atoms with van der Waals surface area (Å²) in [6.07, 6.45) is 1.69. The summed E-state index contributed by atoms with van der Waals surface area (Å²) >= 11 is 3.31. The lowest BCUT2D eigenvalue weighted by Crippen LogP contribution is -2.23. The lowest BCUT2D eigenvalue weighted by atomic mass is 10.1. The topological polar surface area (TPSA) is 55.4 Å². The van der Waals surface area contributed by atoms with E-state index in [-0.39, 0.29) is 24.4 Å². The van der Waals surface area contributed by atoms with E-state index in [9.17, 15) is 9.59 Å². The molecule has 0 radical (unpaired) electrons. The van der Waals surface area contributed by atoms with Gasteiger partial charge in [-0.3, -0.25) is 9.59 Å². The van der Waals surface area contributed by atoms with Crippen LogP contribution in [0.1, 0.15) is 26.7 Å². The number of rotatable bonds is 6. The van der Waals surface area contributed by atoms with Gasteiger partial charge in [-0.1, -0.05) is 36.2 Å². The van der Waals surface area contributed by atoms with Crippen LogP contribution in [-0.2, 0) is 14.3 Å². The van der Waals surface area contributed by atoms with Gasteiger partial charge in [-0.2, -0.15) is 0 Å². The quantitative estimate of drug-likeness (QED) is 0.815. The van der Waals surface area contributed by atoms with Crippen LogP contribution < -0.4 is 5.32 Å². The van der Waals surface area contributed by atoms with Crippen molar-refractivity contribution in [2.75, 3.05) is 11.9 Å². The molecule has 0 unspecified atom stereocenters. The minimum absolute atomic E-state index is 0.162. The van der Waals surface area contributed by atoms with Crippen LogP contribution in [0.2, 0.25) is 0 Å². The Morgan fingerprint density at radius 2 is 1.95 bits per heavy atom. The number of benzene rings is 1. The molecule has 4 nitrogen and oxygen atoms in total. The summed E-state index contributed by atoms with van der Waals surface area (Å²) in [5, 5.41) is 2.66. The van der Waals surface area contributed by atoms with Crippen molar-refractivity contribution in [2.45, 2.75) is 26.7 Å². The predicted octanol–water partition coefficient (Wildman–Crippen LogP) is 3.37. The molecule has 19 heavy (non-hydrogen) atoms. The highest BCUT2D eigenvalue weighted by molar-refractivity contribution is 9.10. The Kier molecular flexibility index (Phi) is 6.56. The van der Waals surface area contributed by atoms with Crippen LogP contribution in [0.3, 0.4) is 0 Å². The molecule has 0 spiro atoms. The smallest absolute Gasteiger partial charge is 0.309 e. The fraction of sp³-hybridized carbons (Fsp3) is 0.429. The molecule has 1 rings (SSSR count). The van der Waals surface area contributed by atoms with Gasteiger partial charge >= 0.3 is 5.97 Å². The van der Waals surface area contributed by atoms with E-state index >= 15 is 0 Å². The molecule has 1 N–H and O–H groups in total. The van der Waals surface area contributed by atoms with E-state index in [0.29, 0.717) is 5.69 Å². The van der Waals surface area contributed by atoms with E-state index in [4.69, 9.17) is 4.74 Å². The van der Waals surface area contributed by atoms with Gasteiger partial charge in [0.25, 0.3) is 5.91 Å². The average Bonchev–Trinajstić information content (AvgIpc) is 2.39. The van der Waals surface area contributed by atoms with Crippen LogP contribution >= 0.6 is 15.9 Å². The molecule has 0 saturated heterocycles. The molecule has 1 aromatic carbocycles. The number of halogens is 1. The molecule has 0 saturated carbocycles. The molecule has 5 heteroatoms. The summed E-state index contributed by atoms with van der Waals surface area (Å²) in [4.78, 5) is 23.1. The van der Waals surface area contributed by atoms with Gasteiger partial charge < -0.3 is 10.1 Å². The van der Waals surface area contributed by atoms with E-state index in [1.54, 1.807) is 19.1 Å². The van der Waals surface area contributed by atoms with Gasteiger partial charge in [0.15, 0.2) is 6.61 Å². The average molecular weight is 328 g/mol. The van der Waals surface area contributed by atoms with Crippen LogP contribution in [-0.4, -0.2) is 18.5 Å². The molecule has 104 valence electrons. The van der Waals surface area contributed by atoms with E-state index in [1.807, 2.05) is 19.1 Å². The minimum atomic E-state index is -0.334. The molecule has 1 aromatic rings. The van der Waals surface area contributed by atoms with Crippen molar-refractivity contribution in [3.63, 3.8) is 0 Å². The first-order valence-corrected chi connectivity index (χ1v) is 7.04. The highest BCUT2D eigenvalue weighted by Gasteiger charge is 2.14. The summed E-state index contributed by atoms with van der Waals surface area (Å²) in [5.41, 5.74) is 0.672. The van der Waals surface area contributed by atoms with Gasteiger partial charge in [-0.05, 0) is 30.7 Å². The van der Waals surface area contributed by atoms with Gasteiger partial charge in [-0.15, -0.1) is 0 Å². The summed E-state index contributed by atoms with van der Waals surface area (Å²) < 4.78 is 5.89. The third-order valence-corrected chi connectivity index (χ3v) is 3.13. The second-order valence-electron chi connectivity index (χ2n) is 4.35. The van der Waals surface area contributed by atoms with Crippen molar-refractivity contribution >= 4 is 33.5 Å². The predicted molar refractivity (Wildman–Crippen MR) is 77.8 cm³/mol. The van der Waals surface area contributed by atoms with Crippen molar-refractivity contribution < 1.29 is 14.3 Å². The summed E-state index contributed by atoms with van der Waals surface area (Å²) in [7, 11) is 0. The molecular formula is C14H18BrNO3. The van der Waals surface area contributed by atoms with Gasteiger partial charge in [0.05, 0.1) is 5.92 Å². The fourth-order valence-electron chi connectivity index (χ4n) is 1.56. The molecule has 0 heterocycles. The SMILES string of the molecule is CCC[C@@H](C)C(=O)OCC(=O)Nc1ccc(Br)cc1. The number of anilines is 1. The molecule has 0 aromatic heterocycles. The molecular weight excluding hydrogens is 310 g/mol. The van der Waals surface area contributed by atoms with E-state index < -0.39 is 0 Å². The second-order valence-corrected chi connectivity index (χ2v) is 5.27. The first kappa shape index (κ1) is 15.7.